The number of piperidine rings is 1. The first-order valence-corrected chi connectivity index (χ1v) is 6.62. The standard InChI is InChI=1S/C11H12F3IN2O/c12-11(13,14)9-4-3-8(15)10(16-9)17-5-1-2-7(18)6-17/h3-4,7,18H,1-2,5-6H2/t7-/m1/s1. The van der Waals surface area contributed by atoms with E-state index in [-0.39, 0.29) is 0 Å². The molecule has 0 aliphatic carbocycles. The van der Waals surface area contributed by atoms with Gasteiger partial charge in [-0.25, -0.2) is 4.98 Å². The van der Waals surface area contributed by atoms with Gasteiger partial charge in [-0.2, -0.15) is 13.2 Å². The lowest BCUT2D eigenvalue weighted by Crippen LogP contribution is -2.39. The second-order valence-corrected chi connectivity index (χ2v) is 5.40. The van der Waals surface area contributed by atoms with E-state index in [0.29, 0.717) is 28.9 Å². The van der Waals surface area contributed by atoms with Crippen molar-refractivity contribution in [1.29, 1.82) is 0 Å². The summed E-state index contributed by atoms with van der Waals surface area (Å²) < 4.78 is 38.5. The van der Waals surface area contributed by atoms with Crippen LogP contribution in [0.1, 0.15) is 18.5 Å². The number of pyridine rings is 1. The SMILES string of the molecule is O[C@@H]1CCCN(c2nc(C(F)(F)F)ccc2I)C1. The number of β-amino-alcohol motifs (C(OH)–C–C–N with tert-alkyl or cyclic N) is 1. The zero-order chi connectivity index (χ0) is 13.3. The van der Waals surface area contributed by atoms with Crippen LogP contribution < -0.4 is 4.90 Å². The van der Waals surface area contributed by atoms with E-state index >= 15 is 0 Å². The average Bonchev–Trinajstić information content (AvgIpc) is 2.28. The van der Waals surface area contributed by atoms with Gasteiger partial charge < -0.3 is 10.0 Å². The van der Waals surface area contributed by atoms with Gasteiger partial charge in [0, 0.05) is 13.1 Å². The molecule has 0 saturated carbocycles. The van der Waals surface area contributed by atoms with Crippen LogP contribution in [-0.2, 0) is 6.18 Å². The van der Waals surface area contributed by atoms with Gasteiger partial charge in [0.15, 0.2) is 0 Å². The first-order valence-electron chi connectivity index (χ1n) is 5.54. The fourth-order valence-electron chi connectivity index (χ4n) is 1.96. The van der Waals surface area contributed by atoms with E-state index in [4.69, 9.17) is 0 Å². The third-order valence-corrected chi connectivity index (χ3v) is 3.66. The molecular formula is C11H12F3IN2O. The average molecular weight is 372 g/mol. The Kier molecular flexibility index (Phi) is 4.00. The van der Waals surface area contributed by atoms with Gasteiger partial charge in [-0.05, 0) is 47.6 Å². The number of rotatable bonds is 1. The molecule has 0 amide bonds. The molecule has 18 heavy (non-hydrogen) atoms. The predicted molar refractivity (Wildman–Crippen MR) is 69.4 cm³/mol. The highest BCUT2D eigenvalue weighted by molar-refractivity contribution is 14.1. The van der Waals surface area contributed by atoms with Crippen molar-refractivity contribution < 1.29 is 18.3 Å². The number of halogens is 4. The molecule has 1 N–H and O–H groups in total. The van der Waals surface area contributed by atoms with Crippen LogP contribution >= 0.6 is 22.6 Å². The van der Waals surface area contributed by atoms with Gasteiger partial charge in [0.1, 0.15) is 11.5 Å². The Morgan fingerprint density at radius 1 is 1.39 bits per heavy atom. The van der Waals surface area contributed by atoms with E-state index in [1.807, 2.05) is 22.6 Å². The number of hydrogen-bond acceptors (Lipinski definition) is 3. The summed E-state index contributed by atoms with van der Waals surface area (Å²) in [7, 11) is 0. The predicted octanol–water partition coefficient (Wildman–Crippen LogP) is 2.67. The Hall–Kier alpha value is -0.570. The van der Waals surface area contributed by atoms with Crippen molar-refractivity contribution in [2.45, 2.75) is 25.1 Å². The van der Waals surface area contributed by atoms with Crippen LogP contribution in [0.15, 0.2) is 12.1 Å². The molecule has 1 fully saturated rings. The van der Waals surface area contributed by atoms with Crippen molar-refractivity contribution in [3.05, 3.63) is 21.4 Å². The molecule has 1 aliphatic heterocycles. The molecule has 1 aromatic heterocycles. The number of nitrogens with zero attached hydrogens (tertiary/aromatic N) is 2. The minimum absolute atomic E-state index is 0.309. The first kappa shape index (κ1) is 13.9. The Labute approximate surface area is 116 Å². The van der Waals surface area contributed by atoms with Crippen LogP contribution in [0.4, 0.5) is 19.0 Å². The lowest BCUT2D eigenvalue weighted by Gasteiger charge is -2.32. The van der Waals surface area contributed by atoms with Crippen LogP contribution in [0.3, 0.4) is 0 Å². The Balaban J connectivity index is 2.31. The maximum atomic E-state index is 12.6. The van der Waals surface area contributed by atoms with Crippen LogP contribution in [0.5, 0.6) is 0 Å². The second kappa shape index (κ2) is 5.20. The van der Waals surface area contributed by atoms with Crippen molar-refractivity contribution >= 4 is 28.4 Å². The molecule has 3 nitrogen and oxygen atoms in total. The summed E-state index contributed by atoms with van der Waals surface area (Å²) in [6, 6.07) is 2.39. The molecule has 0 spiro atoms. The molecule has 1 aliphatic rings. The van der Waals surface area contributed by atoms with Gasteiger partial charge in [-0.3, -0.25) is 0 Å². The number of hydrogen-bond donors (Lipinski definition) is 1. The number of anilines is 1. The Morgan fingerprint density at radius 2 is 2.11 bits per heavy atom. The Morgan fingerprint density at radius 3 is 2.72 bits per heavy atom. The zero-order valence-corrected chi connectivity index (χ0v) is 11.6. The molecule has 7 heteroatoms. The van der Waals surface area contributed by atoms with Gasteiger partial charge in [-0.1, -0.05) is 0 Å². The lowest BCUT2D eigenvalue weighted by molar-refractivity contribution is -0.141. The molecule has 100 valence electrons. The summed E-state index contributed by atoms with van der Waals surface area (Å²) in [6.07, 6.45) is -3.49. The van der Waals surface area contributed by atoms with Gasteiger partial charge in [0.05, 0.1) is 9.67 Å². The van der Waals surface area contributed by atoms with E-state index in [1.165, 1.54) is 6.07 Å². The molecule has 0 unspecified atom stereocenters. The van der Waals surface area contributed by atoms with Crippen LogP contribution in [0.25, 0.3) is 0 Å². The molecule has 2 heterocycles. The molecule has 1 aromatic rings. The third kappa shape index (κ3) is 3.05. The third-order valence-electron chi connectivity index (χ3n) is 2.81. The summed E-state index contributed by atoms with van der Waals surface area (Å²) in [5.74, 6) is 0.309. The van der Waals surface area contributed by atoms with Gasteiger partial charge >= 0.3 is 6.18 Å². The smallest absolute Gasteiger partial charge is 0.391 e. The fourth-order valence-corrected chi connectivity index (χ4v) is 2.60. The molecule has 0 aromatic carbocycles. The van der Waals surface area contributed by atoms with Crippen molar-refractivity contribution in [1.82, 2.24) is 4.98 Å². The van der Waals surface area contributed by atoms with Crippen molar-refractivity contribution in [2.24, 2.45) is 0 Å². The largest absolute Gasteiger partial charge is 0.433 e. The van der Waals surface area contributed by atoms with Gasteiger partial charge in [0.25, 0.3) is 0 Å². The van der Waals surface area contributed by atoms with E-state index in [0.717, 1.165) is 12.5 Å². The van der Waals surface area contributed by atoms with Crippen LogP contribution in [0, 0.1) is 3.57 Å². The first-order chi connectivity index (χ1) is 8.38. The number of alkyl halides is 3. The van der Waals surface area contributed by atoms with Crippen LogP contribution in [-0.4, -0.2) is 29.3 Å². The zero-order valence-electron chi connectivity index (χ0n) is 9.41. The number of aromatic nitrogens is 1. The maximum absolute atomic E-state index is 12.6. The Bertz CT molecular complexity index is 439. The summed E-state index contributed by atoms with van der Waals surface area (Å²) in [5, 5.41) is 9.57. The molecular weight excluding hydrogens is 360 g/mol. The lowest BCUT2D eigenvalue weighted by atomic mass is 10.1. The number of aliphatic hydroxyl groups is 1. The molecule has 1 atom stereocenters. The van der Waals surface area contributed by atoms with E-state index in [1.54, 1.807) is 4.90 Å². The molecule has 2 rings (SSSR count). The van der Waals surface area contributed by atoms with Crippen molar-refractivity contribution in [3.8, 4) is 0 Å². The molecule has 0 bridgehead atoms. The summed E-state index contributed by atoms with van der Waals surface area (Å²) in [4.78, 5) is 5.40. The fraction of sp³-hybridized carbons (Fsp3) is 0.545. The highest BCUT2D eigenvalue weighted by atomic mass is 127. The summed E-state index contributed by atoms with van der Waals surface area (Å²) in [6.45, 7) is 0.964. The minimum Gasteiger partial charge on any atom is -0.391 e. The van der Waals surface area contributed by atoms with E-state index in [2.05, 4.69) is 4.98 Å². The highest BCUT2D eigenvalue weighted by Crippen LogP contribution is 2.31. The number of aliphatic hydroxyl groups excluding tert-OH is 1. The van der Waals surface area contributed by atoms with Crippen molar-refractivity contribution in [3.63, 3.8) is 0 Å². The van der Waals surface area contributed by atoms with E-state index < -0.39 is 18.0 Å². The van der Waals surface area contributed by atoms with Crippen LogP contribution in [0.2, 0.25) is 0 Å². The topological polar surface area (TPSA) is 36.4 Å². The second-order valence-electron chi connectivity index (χ2n) is 4.24. The monoisotopic (exact) mass is 372 g/mol. The quantitative estimate of drug-likeness (QED) is 0.771. The normalized spacial score (nSPS) is 21.2. The van der Waals surface area contributed by atoms with Gasteiger partial charge in [0.2, 0.25) is 0 Å². The maximum Gasteiger partial charge on any atom is 0.433 e. The minimum atomic E-state index is -4.44. The highest BCUT2D eigenvalue weighted by Gasteiger charge is 2.33. The van der Waals surface area contributed by atoms with Gasteiger partial charge in [-0.15, -0.1) is 0 Å². The summed E-state index contributed by atoms with van der Waals surface area (Å²) in [5.41, 5.74) is -0.891. The molecule has 0 radical (unpaired) electrons. The molecule has 1 saturated heterocycles. The van der Waals surface area contributed by atoms with E-state index in [9.17, 15) is 18.3 Å². The summed E-state index contributed by atoms with van der Waals surface area (Å²) >= 11 is 1.96. The van der Waals surface area contributed by atoms with Crippen molar-refractivity contribution in [2.75, 3.05) is 18.0 Å².